The van der Waals surface area contributed by atoms with E-state index >= 15 is 0 Å². The van der Waals surface area contributed by atoms with Crippen LogP contribution in [-0.4, -0.2) is 29.7 Å². The highest BCUT2D eigenvalue weighted by atomic mass is 31.1. The van der Waals surface area contributed by atoms with Crippen LogP contribution >= 0.6 is 7.80 Å². The molecule has 5 heteroatoms. The smallest absolute Gasteiger partial charge is 0.381 e. The standard InChI is InChI=1S/C7H13O4P/c1-3-6(7(8)9)12(10)5-11-4-2/h6H,3-5H2,1-2H3/p+1. The molecule has 0 amide bonds. The lowest BCUT2D eigenvalue weighted by molar-refractivity contribution is -0.136. The predicted molar refractivity (Wildman–Crippen MR) is 45.8 cm³/mol. The maximum atomic E-state index is 11.2. The minimum Gasteiger partial charge on any atom is -0.478 e. The summed E-state index contributed by atoms with van der Waals surface area (Å²) in [5.41, 5.74) is -0.758. The molecule has 0 saturated carbocycles. The van der Waals surface area contributed by atoms with Gasteiger partial charge in [-0.15, -0.1) is 0 Å². The summed E-state index contributed by atoms with van der Waals surface area (Å²) in [6, 6.07) is 0. The first-order valence-electron chi connectivity index (χ1n) is 3.87. The molecule has 0 fully saturated rings. The van der Waals surface area contributed by atoms with Crippen molar-refractivity contribution in [3.8, 4) is 0 Å². The molecule has 0 aromatic carbocycles. The van der Waals surface area contributed by atoms with Gasteiger partial charge < -0.3 is 9.84 Å². The van der Waals surface area contributed by atoms with Gasteiger partial charge in [-0.05, 0) is 6.92 Å². The van der Waals surface area contributed by atoms with Gasteiger partial charge in [0, 0.05) is 13.0 Å². The predicted octanol–water partition coefficient (Wildman–Crippen LogP) is 1.67. The van der Waals surface area contributed by atoms with Crippen molar-refractivity contribution in [1.82, 2.24) is 0 Å². The lowest BCUT2D eigenvalue weighted by atomic mass is 10.3. The molecule has 0 bridgehead atoms. The Balaban J connectivity index is 3.95. The molecule has 0 aliphatic carbocycles. The molecular formula is C7H14O4P+. The number of ether oxygens (including phenoxy) is 1. The van der Waals surface area contributed by atoms with E-state index in [1.165, 1.54) is 0 Å². The molecule has 70 valence electrons. The molecule has 0 heterocycles. The summed E-state index contributed by atoms with van der Waals surface area (Å²) in [5, 5.41) is 8.60. The van der Waals surface area contributed by atoms with Crippen LogP contribution < -0.4 is 0 Å². The van der Waals surface area contributed by atoms with Gasteiger partial charge >= 0.3 is 13.8 Å². The normalized spacial score (nSPS) is 14.0. The zero-order valence-corrected chi connectivity index (χ0v) is 8.21. The van der Waals surface area contributed by atoms with Crippen LogP contribution in [0.5, 0.6) is 0 Å². The van der Waals surface area contributed by atoms with Crippen LogP contribution in [0.1, 0.15) is 20.3 Å². The highest BCUT2D eigenvalue weighted by Gasteiger charge is 2.35. The van der Waals surface area contributed by atoms with Gasteiger partial charge in [0.1, 0.15) is 0 Å². The summed E-state index contributed by atoms with van der Waals surface area (Å²) < 4.78 is 16.1. The molecule has 0 aliphatic rings. The van der Waals surface area contributed by atoms with Crippen molar-refractivity contribution in [3.63, 3.8) is 0 Å². The maximum Gasteiger partial charge on any atom is 0.381 e. The zero-order chi connectivity index (χ0) is 9.56. The lowest BCUT2D eigenvalue weighted by Gasteiger charge is -1.97. The molecule has 0 spiro atoms. The van der Waals surface area contributed by atoms with Crippen molar-refractivity contribution in [2.24, 2.45) is 0 Å². The van der Waals surface area contributed by atoms with Crippen molar-refractivity contribution in [3.05, 3.63) is 0 Å². The van der Waals surface area contributed by atoms with Crippen LogP contribution in [0.3, 0.4) is 0 Å². The van der Waals surface area contributed by atoms with E-state index in [1.807, 2.05) is 0 Å². The first-order chi connectivity index (χ1) is 5.63. The Hall–Kier alpha value is -0.470. The van der Waals surface area contributed by atoms with Crippen LogP contribution in [0.2, 0.25) is 0 Å². The number of aliphatic carboxylic acids is 1. The third-order valence-corrected chi connectivity index (χ3v) is 3.16. The monoisotopic (exact) mass is 193 g/mol. The van der Waals surface area contributed by atoms with E-state index in [1.54, 1.807) is 13.8 Å². The first-order valence-corrected chi connectivity index (χ1v) is 5.39. The maximum absolute atomic E-state index is 11.2. The van der Waals surface area contributed by atoms with Crippen LogP contribution in [0.4, 0.5) is 0 Å². The Morgan fingerprint density at radius 2 is 2.17 bits per heavy atom. The van der Waals surface area contributed by atoms with Crippen molar-refractivity contribution in [2.75, 3.05) is 13.0 Å². The SMILES string of the molecule is CCOC[P+](=O)C(CC)C(=O)O. The van der Waals surface area contributed by atoms with Crippen molar-refractivity contribution < 1.29 is 19.2 Å². The molecule has 0 aromatic rings. The molecule has 0 saturated heterocycles. The molecule has 2 unspecified atom stereocenters. The Morgan fingerprint density at radius 1 is 1.58 bits per heavy atom. The summed E-state index contributed by atoms with van der Waals surface area (Å²) in [4.78, 5) is 10.5. The highest BCUT2D eigenvalue weighted by molar-refractivity contribution is 7.46. The summed E-state index contributed by atoms with van der Waals surface area (Å²) in [6.45, 7) is 3.96. The third-order valence-electron chi connectivity index (χ3n) is 1.44. The van der Waals surface area contributed by atoms with Crippen molar-refractivity contribution >= 4 is 13.8 Å². The van der Waals surface area contributed by atoms with Gasteiger partial charge in [0.2, 0.25) is 6.35 Å². The average molecular weight is 193 g/mol. The summed E-state index contributed by atoms with van der Waals surface area (Å²) in [7, 11) is -1.76. The largest absolute Gasteiger partial charge is 0.478 e. The Labute approximate surface area is 72.7 Å². The van der Waals surface area contributed by atoms with Gasteiger partial charge in [0.25, 0.3) is 5.66 Å². The molecule has 1 N–H and O–H groups in total. The molecule has 0 aliphatic heterocycles. The molecule has 0 aromatic heterocycles. The number of carbonyl (C=O) groups is 1. The summed E-state index contributed by atoms with van der Waals surface area (Å²) in [6.07, 6.45) is 0.439. The fourth-order valence-electron chi connectivity index (χ4n) is 0.773. The number of rotatable bonds is 6. The molecule has 0 rings (SSSR count). The molecule has 12 heavy (non-hydrogen) atoms. The number of carboxylic acid groups (broad SMARTS) is 1. The lowest BCUT2D eigenvalue weighted by Crippen LogP contribution is -2.16. The van der Waals surface area contributed by atoms with E-state index in [2.05, 4.69) is 0 Å². The van der Waals surface area contributed by atoms with Crippen LogP contribution in [0, 0.1) is 0 Å². The third kappa shape index (κ3) is 3.79. The van der Waals surface area contributed by atoms with Crippen molar-refractivity contribution in [2.45, 2.75) is 25.9 Å². The minimum atomic E-state index is -1.76. The van der Waals surface area contributed by atoms with E-state index in [0.717, 1.165) is 0 Å². The van der Waals surface area contributed by atoms with E-state index in [-0.39, 0.29) is 6.35 Å². The van der Waals surface area contributed by atoms with E-state index in [0.29, 0.717) is 13.0 Å². The fraction of sp³-hybridized carbons (Fsp3) is 0.857. The minimum absolute atomic E-state index is 0.0522. The van der Waals surface area contributed by atoms with Gasteiger partial charge in [-0.2, -0.15) is 0 Å². The van der Waals surface area contributed by atoms with E-state index in [4.69, 9.17) is 9.84 Å². The van der Waals surface area contributed by atoms with Crippen LogP contribution in [0.25, 0.3) is 0 Å². The van der Waals surface area contributed by atoms with Gasteiger partial charge in [0.15, 0.2) is 0 Å². The number of hydrogen-bond donors (Lipinski definition) is 1. The van der Waals surface area contributed by atoms with Gasteiger partial charge in [-0.1, -0.05) is 11.5 Å². The number of hydrogen-bond acceptors (Lipinski definition) is 3. The fourth-order valence-corrected chi connectivity index (χ4v) is 1.97. The van der Waals surface area contributed by atoms with Crippen LogP contribution in [0.15, 0.2) is 0 Å². The van der Waals surface area contributed by atoms with Gasteiger partial charge in [-0.25, -0.2) is 4.79 Å². The summed E-state index contributed by atoms with van der Waals surface area (Å²) >= 11 is 0. The molecule has 0 radical (unpaired) electrons. The van der Waals surface area contributed by atoms with E-state index in [9.17, 15) is 9.36 Å². The highest BCUT2D eigenvalue weighted by Crippen LogP contribution is 2.30. The van der Waals surface area contributed by atoms with Gasteiger partial charge in [-0.3, -0.25) is 0 Å². The molecule has 4 nitrogen and oxygen atoms in total. The molecular weight excluding hydrogens is 179 g/mol. The Kier molecular flexibility index (Phi) is 5.85. The average Bonchev–Trinajstić information content (AvgIpc) is 2.01. The van der Waals surface area contributed by atoms with E-state index < -0.39 is 19.4 Å². The summed E-state index contributed by atoms with van der Waals surface area (Å²) in [5.74, 6) is -1.00. The Bertz CT molecular complexity index is 169. The topological polar surface area (TPSA) is 63.6 Å². The zero-order valence-electron chi connectivity index (χ0n) is 7.32. The van der Waals surface area contributed by atoms with Crippen LogP contribution in [-0.2, 0) is 14.1 Å². The first kappa shape index (κ1) is 11.5. The Morgan fingerprint density at radius 3 is 2.50 bits per heavy atom. The molecule has 2 atom stereocenters. The van der Waals surface area contributed by atoms with Crippen molar-refractivity contribution in [1.29, 1.82) is 0 Å². The number of carboxylic acids is 1. The van der Waals surface area contributed by atoms with Gasteiger partial charge in [0.05, 0.1) is 0 Å². The second-order valence-electron chi connectivity index (χ2n) is 2.30. The second kappa shape index (κ2) is 6.09. The quantitative estimate of drug-likeness (QED) is 0.651. The second-order valence-corrected chi connectivity index (χ2v) is 4.02.